The SMILES string of the molecule is CC(C)[Si]1(C(C)C)OC[C@H]2O[C@@H](n3cnc4c(N)ncnc43)C(=O)[C@@H]2O[Si](C(C)C)(C(C)C)O1. The molecule has 2 N–H and O–H groups in total. The fourth-order valence-electron chi connectivity index (χ4n) is 5.26. The molecule has 0 spiro atoms. The van der Waals surface area contributed by atoms with E-state index in [0.29, 0.717) is 11.2 Å². The van der Waals surface area contributed by atoms with Crippen LogP contribution in [0.2, 0.25) is 22.2 Å². The van der Waals surface area contributed by atoms with E-state index >= 15 is 0 Å². The number of ether oxygens (including phenoxy) is 1. The van der Waals surface area contributed by atoms with Crippen molar-refractivity contribution in [3.63, 3.8) is 0 Å². The van der Waals surface area contributed by atoms with E-state index in [-0.39, 0.29) is 40.4 Å². The normalized spacial score (nSPS) is 27.1. The minimum absolute atomic E-state index is 0.118. The lowest BCUT2D eigenvalue weighted by molar-refractivity contribution is -0.130. The molecule has 4 heterocycles. The van der Waals surface area contributed by atoms with E-state index in [9.17, 15) is 4.79 Å². The van der Waals surface area contributed by atoms with E-state index in [1.165, 1.54) is 12.7 Å². The number of Topliss-reactive ketones (excluding diaryl/α,β-unsaturated/α-hetero) is 1. The summed E-state index contributed by atoms with van der Waals surface area (Å²) in [5.41, 5.74) is 7.48. The molecule has 4 rings (SSSR count). The van der Waals surface area contributed by atoms with E-state index < -0.39 is 35.6 Å². The van der Waals surface area contributed by atoms with Crippen LogP contribution in [0, 0.1) is 0 Å². The van der Waals surface area contributed by atoms with E-state index in [0.717, 1.165) is 0 Å². The van der Waals surface area contributed by atoms with Crippen molar-refractivity contribution in [3.8, 4) is 0 Å². The minimum Gasteiger partial charge on any atom is -0.414 e. The van der Waals surface area contributed by atoms with Crippen molar-refractivity contribution >= 4 is 39.9 Å². The number of anilines is 1. The number of rotatable bonds is 5. The molecule has 0 bridgehead atoms. The average molecular weight is 508 g/mol. The Hall–Kier alpha value is -1.71. The Bertz CT molecular complexity index is 1040. The second kappa shape index (κ2) is 9.06. The van der Waals surface area contributed by atoms with Gasteiger partial charge in [0.1, 0.15) is 24.1 Å². The summed E-state index contributed by atoms with van der Waals surface area (Å²) < 4.78 is 28.6. The number of carbonyl (C=O) groups excluding carboxylic acids is 1. The molecule has 2 fully saturated rings. The highest BCUT2D eigenvalue weighted by Gasteiger charge is 2.61. The summed E-state index contributed by atoms with van der Waals surface area (Å²) in [5.74, 6) is 0.0685. The van der Waals surface area contributed by atoms with Gasteiger partial charge in [-0.2, -0.15) is 0 Å². The van der Waals surface area contributed by atoms with Crippen molar-refractivity contribution in [1.29, 1.82) is 0 Å². The summed E-state index contributed by atoms with van der Waals surface area (Å²) in [6.07, 6.45) is 0.602. The van der Waals surface area contributed by atoms with Crippen molar-refractivity contribution in [2.75, 3.05) is 12.3 Å². The van der Waals surface area contributed by atoms with Gasteiger partial charge in [0, 0.05) is 0 Å². The Morgan fingerprint density at radius 1 is 0.971 bits per heavy atom. The van der Waals surface area contributed by atoms with Gasteiger partial charge in [0.05, 0.1) is 12.9 Å². The number of aromatic nitrogens is 4. The molecular formula is C22H37N5O5Si2. The van der Waals surface area contributed by atoms with Gasteiger partial charge >= 0.3 is 17.1 Å². The molecule has 3 atom stereocenters. The lowest BCUT2D eigenvalue weighted by Gasteiger charge is -2.50. The third-order valence-corrected chi connectivity index (χ3v) is 17.4. The molecular weight excluding hydrogens is 470 g/mol. The number of ketones is 1. The molecule has 2 aromatic heterocycles. The summed E-state index contributed by atoms with van der Waals surface area (Å²) in [6.45, 7) is 17.4. The summed E-state index contributed by atoms with van der Waals surface area (Å²) in [4.78, 5) is 26.3. The fourth-order valence-corrected chi connectivity index (χ4v) is 16.4. The quantitative estimate of drug-likeness (QED) is 0.601. The highest BCUT2D eigenvalue weighted by Crippen LogP contribution is 2.47. The van der Waals surface area contributed by atoms with Crippen molar-refractivity contribution in [2.24, 2.45) is 0 Å². The number of carbonyl (C=O) groups is 1. The van der Waals surface area contributed by atoms with Gasteiger partial charge in [-0.25, -0.2) is 15.0 Å². The zero-order chi connectivity index (χ0) is 25.0. The van der Waals surface area contributed by atoms with Crippen molar-refractivity contribution in [1.82, 2.24) is 19.5 Å². The van der Waals surface area contributed by atoms with Gasteiger partial charge < -0.3 is 23.4 Å². The predicted molar refractivity (Wildman–Crippen MR) is 132 cm³/mol. The van der Waals surface area contributed by atoms with Gasteiger partial charge in [0.15, 0.2) is 17.7 Å². The molecule has 2 aromatic rings. The van der Waals surface area contributed by atoms with Crippen molar-refractivity contribution in [2.45, 2.75) is 96.0 Å². The fraction of sp³-hybridized carbons (Fsp3) is 0.727. The molecule has 2 aliphatic rings. The van der Waals surface area contributed by atoms with Gasteiger partial charge in [-0.1, -0.05) is 55.4 Å². The number of hydrogen-bond donors (Lipinski definition) is 1. The third-order valence-electron chi connectivity index (χ3n) is 7.13. The first-order valence-electron chi connectivity index (χ1n) is 12.1. The maximum absolute atomic E-state index is 13.7. The van der Waals surface area contributed by atoms with Gasteiger partial charge in [-0.05, 0) is 22.2 Å². The first-order chi connectivity index (χ1) is 15.9. The van der Waals surface area contributed by atoms with Gasteiger partial charge in [-0.15, -0.1) is 0 Å². The van der Waals surface area contributed by atoms with Crippen molar-refractivity contribution in [3.05, 3.63) is 12.7 Å². The largest absolute Gasteiger partial charge is 0.414 e. The zero-order valence-electron chi connectivity index (χ0n) is 21.3. The molecule has 2 aliphatic heterocycles. The summed E-state index contributed by atoms with van der Waals surface area (Å²) in [6, 6.07) is 0. The molecule has 188 valence electrons. The van der Waals surface area contributed by atoms with Crippen LogP contribution in [0.1, 0.15) is 61.6 Å². The lowest BCUT2D eigenvalue weighted by Crippen LogP contribution is -2.65. The molecule has 0 aromatic carbocycles. The summed E-state index contributed by atoms with van der Waals surface area (Å²) in [7, 11) is -5.63. The van der Waals surface area contributed by atoms with E-state index in [4.69, 9.17) is 23.4 Å². The van der Waals surface area contributed by atoms with Crippen LogP contribution in [-0.2, 0) is 22.5 Å². The molecule has 0 aliphatic carbocycles. The molecule has 0 amide bonds. The number of imidazole rings is 1. The summed E-state index contributed by atoms with van der Waals surface area (Å²) in [5, 5.41) is 0. The van der Waals surface area contributed by atoms with Gasteiger partial charge in [0.2, 0.25) is 5.78 Å². The Balaban J connectivity index is 1.78. The average Bonchev–Trinajstić information content (AvgIpc) is 3.29. The molecule has 12 heteroatoms. The standard InChI is InChI=1S/C22H37N5O5Si2/c1-12(2)33(13(3)4)29-9-16-19(31-34(32-33,14(5)6)15(7)8)18(28)22(30-16)27-11-26-17-20(23)24-10-25-21(17)27/h10-16,19,22H,9H2,1-8H3,(H2,23,24,25)/t16-,19-,22-/m1/s1. The number of nitrogen functional groups attached to an aromatic ring is 1. The van der Waals surface area contributed by atoms with Crippen LogP contribution >= 0.6 is 0 Å². The molecule has 34 heavy (non-hydrogen) atoms. The van der Waals surface area contributed by atoms with Crippen LogP contribution in [0.3, 0.4) is 0 Å². The lowest BCUT2D eigenvalue weighted by atomic mass is 10.1. The molecule has 10 nitrogen and oxygen atoms in total. The Morgan fingerprint density at radius 2 is 1.59 bits per heavy atom. The second-order valence-electron chi connectivity index (χ2n) is 10.5. The van der Waals surface area contributed by atoms with Crippen LogP contribution in [0.4, 0.5) is 5.82 Å². The van der Waals surface area contributed by atoms with Crippen LogP contribution < -0.4 is 5.73 Å². The van der Waals surface area contributed by atoms with Gasteiger partial charge in [-0.3, -0.25) is 9.36 Å². The topological polar surface area (TPSA) is 124 Å². The monoisotopic (exact) mass is 507 g/mol. The predicted octanol–water partition coefficient (Wildman–Crippen LogP) is 3.83. The van der Waals surface area contributed by atoms with Crippen LogP contribution in [-0.4, -0.2) is 61.2 Å². The maximum atomic E-state index is 13.7. The minimum atomic E-state index is -2.92. The molecule has 0 saturated carbocycles. The van der Waals surface area contributed by atoms with Gasteiger partial charge in [0.25, 0.3) is 0 Å². The Kier molecular flexibility index (Phi) is 6.77. The first kappa shape index (κ1) is 25.4. The summed E-state index contributed by atoms with van der Waals surface area (Å²) >= 11 is 0. The smallest absolute Gasteiger partial charge is 0.335 e. The second-order valence-corrected chi connectivity index (χ2v) is 19.4. The van der Waals surface area contributed by atoms with Crippen LogP contribution in [0.25, 0.3) is 11.2 Å². The maximum Gasteiger partial charge on any atom is 0.335 e. The van der Waals surface area contributed by atoms with Crippen molar-refractivity contribution < 1.29 is 22.5 Å². The van der Waals surface area contributed by atoms with E-state index in [1.807, 2.05) is 0 Å². The number of nitrogens with zero attached hydrogens (tertiary/aromatic N) is 4. The number of hydrogen-bond acceptors (Lipinski definition) is 9. The molecule has 0 radical (unpaired) electrons. The van der Waals surface area contributed by atoms with Crippen LogP contribution in [0.5, 0.6) is 0 Å². The molecule has 2 saturated heterocycles. The highest BCUT2D eigenvalue weighted by molar-refractivity contribution is 6.84. The third kappa shape index (κ3) is 3.84. The van der Waals surface area contributed by atoms with E-state index in [2.05, 4.69) is 70.3 Å². The Morgan fingerprint density at radius 3 is 2.18 bits per heavy atom. The zero-order valence-corrected chi connectivity index (χ0v) is 23.3. The highest BCUT2D eigenvalue weighted by atomic mass is 28.5. The first-order valence-corrected chi connectivity index (χ1v) is 16.0. The number of fused-ring (bicyclic) bond motifs is 2. The van der Waals surface area contributed by atoms with Crippen LogP contribution in [0.15, 0.2) is 12.7 Å². The van der Waals surface area contributed by atoms with E-state index in [1.54, 1.807) is 4.57 Å². The number of nitrogens with two attached hydrogens (primary N) is 1. The Labute approximate surface area is 203 Å². The molecule has 0 unspecified atom stereocenters.